The number of benzene rings is 2. The summed E-state index contributed by atoms with van der Waals surface area (Å²) in [6.45, 7) is 0. The van der Waals surface area contributed by atoms with E-state index in [1.807, 2.05) is 0 Å². The van der Waals surface area contributed by atoms with Gasteiger partial charge in [-0.05, 0) is 24.3 Å². The highest BCUT2D eigenvalue weighted by atomic mass is 35.5. The van der Waals surface area contributed by atoms with Crippen LogP contribution >= 0.6 is 23.2 Å². The van der Waals surface area contributed by atoms with Gasteiger partial charge in [0.1, 0.15) is 5.82 Å². The molecule has 3 aromatic rings. The van der Waals surface area contributed by atoms with Crippen molar-refractivity contribution in [1.29, 1.82) is 0 Å². The molecule has 0 radical (unpaired) electrons. The van der Waals surface area contributed by atoms with Gasteiger partial charge in [0, 0.05) is 22.5 Å². The van der Waals surface area contributed by atoms with Gasteiger partial charge in [-0.15, -0.1) is 0 Å². The van der Waals surface area contributed by atoms with Crippen LogP contribution in [0.3, 0.4) is 0 Å². The Morgan fingerprint density at radius 3 is 2.52 bits per heavy atom. The molecule has 0 spiro atoms. The number of halogens is 3. The number of carbonyl (C=O) groups is 1. The molecule has 1 amide bonds. The van der Waals surface area contributed by atoms with E-state index in [2.05, 4.69) is 9.98 Å². The van der Waals surface area contributed by atoms with E-state index in [9.17, 15) is 9.18 Å². The van der Waals surface area contributed by atoms with Crippen LogP contribution in [0, 0.1) is 5.82 Å². The van der Waals surface area contributed by atoms with Crippen LogP contribution in [0.1, 0.15) is 10.4 Å². The number of hydrogen-bond donors (Lipinski definition) is 2. The summed E-state index contributed by atoms with van der Waals surface area (Å²) >= 11 is 12.3. The molecule has 0 aliphatic heterocycles. The predicted molar refractivity (Wildman–Crippen MR) is 97.3 cm³/mol. The number of fused-ring (bicyclic) bond motifs is 1. The van der Waals surface area contributed by atoms with Gasteiger partial charge in [-0.3, -0.25) is 9.78 Å². The van der Waals surface area contributed by atoms with Crippen molar-refractivity contribution in [3.8, 4) is 11.3 Å². The van der Waals surface area contributed by atoms with Gasteiger partial charge in [0.25, 0.3) is 5.91 Å². The van der Waals surface area contributed by atoms with Gasteiger partial charge >= 0.3 is 0 Å². The van der Waals surface area contributed by atoms with E-state index in [0.29, 0.717) is 15.8 Å². The quantitative estimate of drug-likeness (QED) is 0.525. The predicted octanol–water partition coefficient (Wildman–Crippen LogP) is 3.76. The number of pyridine rings is 1. The minimum atomic E-state index is -0.632. The summed E-state index contributed by atoms with van der Waals surface area (Å²) in [5, 5.41) is 1.59. The largest absolute Gasteiger partial charge is 0.370 e. The van der Waals surface area contributed by atoms with E-state index >= 15 is 0 Å². The molecular formula is C17H11Cl2FN4O. The van der Waals surface area contributed by atoms with Crippen LogP contribution in [0.15, 0.2) is 47.6 Å². The lowest BCUT2D eigenvalue weighted by Gasteiger charge is -2.11. The Morgan fingerprint density at radius 1 is 1.08 bits per heavy atom. The Kier molecular flexibility index (Phi) is 4.57. The van der Waals surface area contributed by atoms with E-state index in [4.69, 9.17) is 34.7 Å². The number of rotatable bonds is 2. The van der Waals surface area contributed by atoms with Crippen molar-refractivity contribution in [3.63, 3.8) is 0 Å². The number of nitrogens with zero attached hydrogens (tertiary/aromatic N) is 2. The van der Waals surface area contributed by atoms with Gasteiger partial charge in [0.05, 0.1) is 21.3 Å². The van der Waals surface area contributed by atoms with Crippen molar-refractivity contribution >= 4 is 45.8 Å². The smallest absolute Gasteiger partial charge is 0.280 e. The molecule has 8 heteroatoms. The van der Waals surface area contributed by atoms with Gasteiger partial charge in [0.2, 0.25) is 0 Å². The standard InChI is InChI=1S/C17H11Cl2FN4O/c18-11-2-1-3-13(20)14(11)15-10-6-8(16(25)24-17(21)22)4-5-9(10)12(19)7-23-15/h1-7H,(H4,21,22,24,25). The van der Waals surface area contributed by atoms with Crippen LogP contribution in [0.5, 0.6) is 0 Å². The van der Waals surface area contributed by atoms with E-state index in [1.54, 1.807) is 12.1 Å². The third kappa shape index (κ3) is 3.26. The lowest BCUT2D eigenvalue weighted by Crippen LogP contribution is -2.24. The first kappa shape index (κ1) is 17.1. The number of aliphatic imine (C=N–C) groups is 1. The molecule has 0 bridgehead atoms. The van der Waals surface area contributed by atoms with Crippen LogP contribution < -0.4 is 11.5 Å². The minimum Gasteiger partial charge on any atom is -0.370 e. The summed E-state index contributed by atoms with van der Waals surface area (Å²) in [5.41, 5.74) is 11.1. The van der Waals surface area contributed by atoms with Crippen LogP contribution in [0.25, 0.3) is 22.0 Å². The van der Waals surface area contributed by atoms with Crippen molar-refractivity contribution in [3.05, 3.63) is 64.0 Å². The highest BCUT2D eigenvalue weighted by Gasteiger charge is 2.17. The van der Waals surface area contributed by atoms with Crippen LogP contribution in [-0.4, -0.2) is 16.9 Å². The molecular weight excluding hydrogens is 366 g/mol. The second-order valence-corrected chi connectivity index (χ2v) is 5.97. The molecule has 0 saturated heterocycles. The summed E-state index contributed by atoms with van der Waals surface area (Å²) in [7, 11) is 0. The van der Waals surface area contributed by atoms with Gasteiger partial charge in [0.15, 0.2) is 5.96 Å². The number of hydrogen-bond acceptors (Lipinski definition) is 2. The number of nitrogens with two attached hydrogens (primary N) is 2. The molecule has 4 N–H and O–H groups in total. The molecule has 1 aromatic heterocycles. The van der Waals surface area contributed by atoms with Crippen molar-refractivity contribution in [2.24, 2.45) is 16.5 Å². The van der Waals surface area contributed by atoms with Gasteiger partial charge < -0.3 is 11.5 Å². The second kappa shape index (κ2) is 6.66. The molecule has 2 aromatic carbocycles. The first-order chi connectivity index (χ1) is 11.9. The van der Waals surface area contributed by atoms with Crippen LogP contribution in [-0.2, 0) is 0 Å². The van der Waals surface area contributed by atoms with Gasteiger partial charge in [-0.2, -0.15) is 4.99 Å². The average Bonchev–Trinajstić information content (AvgIpc) is 2.55. The molecule has 0 aliphatic rings. The summed E-state index contributed by atoms with van der Waals surface area (Å²) < 4.78 is 14.3. The number of carbonyl (C=O) groups excluding carboxylic acids is 1. The zero-order chi connectivity index (χ0) is 18.1. The molecule has 0 aliphatic carbocycles. The first-order valence-corrected chi connectivity index (χ1v) is 7.80. The van der Waals surface area contributed by atoms with E-state index < -0.39 is 11.7 Å². The van der Waals surface area contributed by atoms with Crippen molar-refractivity contribution in [1.82, 2.24) is 4.98 Å². The fourth-order valence-electron chi connectivity index (χ4n) is 2.45. The van der Waals surface area contributed by atoms with Crippen LogP contribution in [0.2, 0.25) is 10.0 Å². The molecule has 126 valence electrons. The van der Waals surface area contributed by atoms with Gasteiger partial charge in [-0.1, -0.05) is 35.3 Å². The molecule has 25 heavy (non-hydrogen) atoms. The van der Waals surface area contributed by atoms with Crippen LogP contribution in [0.4, 0.5) is 4.39 Å². The Labute approximate surface area is 152 Å². The van der Waals surface area contributed by atoms with Crippen molar-refractivity contribution in [2.45, 2.75) is 0 Å². The molecule has 0 fully saturated rings. The topological polar surface area (TPSA) is 94.4 Å². The SMILES string of the molecule is NC(N)=NC(=O)c1ccc2c(Cl)cnc(-c3c(F)cccc3Cl)c2c1. The zero-order valence-corrected chi connectivity index (χ0v) is 14.1. The van der Waals surface area contributed by atoms with Crippen molar-refractivity contribution in [2.75, 3.05) is 0 Å². The van der Waals surface area contributed by atoms with E-state index in [1.165, 1.54) is 30.5 Å². The fraction of sp³-hybridized carbons (Fsp3) is 0. The summed E-state index contributed by atoms with van der Waals surface area (Å²) in [6, 6.07) is 8.96. The Morgan fingerprint density at radius 2 is 1.84 bits per heavy atom. The number of guanidine groups is 1. The normalized spacial score (nSPS) is 10.7. The van der Waals surface area contributed by atoms with Gasteiger partial charge in [-0.25, -0.2) is 4.39 Å². The third-order valence-corrected chi connectivity index (χ3v) is 4.13. The molecule has 0 unspecified atom stereocenters. The second-order valence-electron chi connectivity index (χ2n) is 5.15. The zero-order valence-electron chi connectivity index (χ0n) is 12.6. The molecule has 1 heterocycles. The highest BCUT2D eigenvalue weighted by Crippen LogP contribution is 2.36. The van der Waals surface area contributed by atoms with Crippen molar-refractivity contribution < 1.29 is 9.18 Å². The average molecular weight is 377 g/mol. The Bertz CT molecular complexity index is 1010. The Hall–Kier alpha value is -2.70. The molecule has 0 saturated carbocycles. The molecule has 0 atom stereocenters. The summed E-state index contributed by atoms with van der Waals surface area (Å²) in [4.78, 5) is 19.8. The maximum Gasteiger partial charge on any atom is 0.280 e. The maximum atomic E-state index is 14.3. The lowest BCUT2D eigenvalue weighted by atomic mass is 10.0. The third-order valence-electron chi connectivity index (χ3n) is 3.52. The monoisotopic (exact) mass is 376 g/mol. The summed E-state index contributed by atoms with van der Waals surface area (Å²) in [5.74, 6) is -1.52. The summed E-state index contributed by atoms with van der Waals surface area (Å²) in [6.07, 6.45) is 1.40. The maximum absolute atomic E-state index is 14.3. The lowest BCUT2D eigenvalue weighted by molar-refractivity contribution is 0.100. The number of aromatic nitrogens is 1. The molecule has 5 nitrogen and oxygen atoms in total. The molecule has 3 rings (SSSR count). The van der Waals surface area contributed by atoms with E-state index in [0.717, 1.165) is 0 Å². The first-order valence-electron chi connectivity index (χ1n) is 7.05. The van der Waals surface area contributed by atoms with E-state index in [-0.39, 0.29) is 27.8 Å². The fourth-order valence-corrected chi connectivity index (χ4v) is 2.91. The Balaban J connectivity index is 2.32. The number of amides is 1. The minimum absolute atomic E-state index is 0.122. The highest BCUT2D eigenvalue weighted by molar-refractivity contribution is 6.36.